The first-order chi connectivity index (χ1) is 10.4. The Bertz CT molecular complexity index is 661. The summed E-state index contributed by atoms with van der Waals surface area (Å²) < 4.78 is 43.4. The summed E-state index contributed by atoms with van der Waals surface area (Å²) in [6, 6.07) is 4.33. The summed E-state index contributed by atoms with van der Waals surface area (Å²) >= 11 is 2.58. The average molecular weight is 349 g/mol. The summed E-state index contributed by atoms with van der Waals surface area (Å²) in [6.45, 7) is -0.421. The van der Waals surface area contributed by atoms with Gasteiger partial charge in [-0.05, 0) is 24.5 Å². The van der Waals surface area contributed by atoms with Gasteiger partial charge in [-0.3, -0.25) is 10.1 Å². The number of alkyl halides is 3. The Morgan fingerprint density at radius 1 is 1.41 bits per heavy atom. The van der Waals surface area contributed by atoms with Gasteiger partial charge in [0.25, 0.3) is 5.91 Å². The lowest BCUT2D eigenvalue weighted by atomic mass is 10.2. The van der Waals surface area contributed by atoms with Crippen LogP contribution in [0.25, 0.3) is 0 Å². The van der Waals surface area contributed by atoms with Crippen molar-refractivity contribution in [2.24, 2.45) is 0 Å². The van der Waals surface area contributed by atoms with Crippen molar-refractivity contribution in [3.63, 3.8) is 0 Å². The van der Waals surface area contributed by atoms with Crippen molar-refractivity contribution in [1.29, 1.82) is 0 Å². The van der Waals surface area contributed by atoms with Crippen molar-refractivity contribution < 1.29 is 22.7 Å². The highest BCUT2D eigenvalue weighted by Gasteiger charge is 2.30. The molecule has 1 amide bonds. The number of rotatable bonds is 5. The van der Waals surface area contributed by atoms with Gasteiger partial charge in [0.15, 0.2) is 10.9 Å². The lowest BCUT2D eigenvalue weighted by molar-refractivity contribution is -0.137. The molecule has 1 aromatic carbocycles. The second kappa shape index (κ2) is 6.97. The van der Waals surface area contributed by atoms with Gasteiger partial charge >= 0.3 is 6.18 Å². The molecule has 0 aliphatic heterocycles. The number of anilines is 1. The smallest absolute Gasteiger partial charge is 0.416 e. The van der Waals surface area contributed by atoms with Crippen molar-refractivity contribution in [1.82, 2.24) is 10.2 Å². The third kappa shape index (κ3) is 4.60. The minimum Gasteiger partial charge on any atom is -0.484 e. The second-order valence-electron chi connectivity index (χ2n) is 3.94. The molecular formula is C12H10F3N3O2S2. The van der Waals surface area contributed by atoms with Crippen molar-refractivity contribution in [2.45, 2.75) is 10.5 Å². The van der Waals surface area contributed by atoms with Crippen LogP contribution in [0.5, 0.6) is 5.75 Å². The molecule has 0 aliphatic carbocycles. The first-order valence-electron chi connectivity index (χ1n) is 5.86. The van der Waals surface area contributed by atoms with Crippen LogP contribution in [-0.2, 0) is 11.0 Å². The standard InChI is InChI=1S/C12H10F3N3O2S2/c1-21-11-18-17-10(22-11)16-9(19)6-20-8-4-2-3-7(5-8)12(13,14)15/h2-5H,6H2,1H3,(H,16,17,19). The van der Waals surface area contributed by atoms with E-state index in [4.69, 9.17) is 4.74 Å². The first kappa shape index (κ1) is 16.6. The molecule has 0 spiro atoms. The Morgan fingerprint density at radius 2 is 2.18 bits per heavy atom. The van der Waals surface area contributed by atoms with Gasteiger partial charge in [0.2, 0.25) is 5.13 Å². The van der Waals surface area contributed by atoms with Crippen LogP contribution in [0.15, 0.2) is 28.6 Å². The number of carbonyl (C=O) groups is 1. The number of nitrogens with zero attached hydrogens (tertiary/aromatic N) is 2. The Labute approximate surface area is 131 Å². The van der Waals surface area contributed by atoms with Crippen LogP contribution in [0.3, 0.4) is 0 Å². The Balaban J connectivity index is 1.91. The lowest BCUT2D eigenvalue weighted by Crippen LogP contribution is -2.20. The monoisotopic (exact) mass is 349 g/mol. The SMILES string of the molecule is CSc1nnc(NC(=O)COc2cccc(C(F)(F)F)c2)s1. The lowest BCUT2D eigenvalue weighted by Gasteiger charge is -2.09. The summed E-state index contributed by atoms with van der Waals surface area (Å²) in [5.41, 5.74) is -0.834. The van der Waals surface area contributed by atoms with Gasteiger partial charge < -0.3 is 4.74 Å². The molecule has 0 saturated carbocycles. The minimum atomic E-state index is -4.46. The molecule has 22 heavy (non-hydrogen) atoms. The minimum absolute atomic E-state index is 0.0351. The molecule has 2 aromatic rings. The van der Waals surface area contributed by atoms with E-state index in [0.29, 0.717) is 9.47 Å². The number of benzene rings is 1. The molecule has 5 nitrogen and oxygen atoms in total. The molecule has 0 saturated heterocycles. The third-order valence-corrected chi connectivity index (χ3v) is 4.17. The van der Waals surface area contributed by atoms with E-state index in [-0.39, 0.29) is 5.75 Å². The Kier molecular flexibility index (Phi) is 5.24. The van der Waals surface area contributed by atoms with Crippen LogP contribution < -0.4 is 10.1 Å². The number of ether oxygens (including phenoxy) is 1. The highest BCUT2D eigenvalue weighted by molar-refractivity contribution is 8.00. The number of nitrogens with one attached hydrogen (secondary N) is 1. The summed E-state index contributed by atoms with van der Waals surface area (Å²) in [5, 5.41) is 10.3. The number of aromatic nitrogens is 2. The maximum atomic E-state index is 12.5. The van der Waals surface area contributed by atoms with Crippen LogP contribution in [-0.4, -0.2) is 29.0 Å². The number of amides is 1. The van der Waals surface area contributed by atoms with E-state index in [0.717, 1.165) is 12.1 Å². The second-order valence-corrected chi connectivity index (χ2v) is 5.97. The zero-order valence-electron chi connectivity index (χ0n) is 11.2. The maximum absolute atomic E-state index is 12.5. The number of thioether (sulfide) groups is 1. The molecule has 0 fully saturated rings. The molecule has 0 bridgehead atoms. The highest BCUT2D eigenvalue weighted by Crippen LogP contribution is 2.31. The number of hydrogen-bond acceptors (Lipinski definition) is 6. The van der Waals surface area contributed by atoms with Gasteiger partial charge in [-0.25, -0.2) is 0 Å². The van der Waals surface area contributed by atoms with Gasteiger partial charge in [-0.2, -0.15) is 13.2 Å². The van der Waals surface area contributed by atoms with Crippen molar-refractivity contribution in [2.75, 3.05) is 18.2 Å². The maximum Gasteiger partial charge on any atom is 0.416 e. The van der Waals surface area contributed by atoms with E-state index in [1.165, 1.54) is 35.2 Å². The molecule has 118 valence electrons. The van der Waals surface area contributed by atoms with Gasteiger partial charge in [-0.15, -0.1) is 10.2 Å². The highest BCUT2D eigenvalue weighted by atomic mass is 32.2. The average Bonchev–Trinajstić information content (AvgIpc) is 2.92. The first-order valence-corrected chi connectivity index (χ1v) is 7.90. The summed E-state index contributed by atoms with van der Waals surface area (Å²) in [7, 11) is 0. The Morgan fingerprint density at radius 3 is 2.82 bits per heavy atom. The zero-order chi connectivity index (χ0) is 16.2. The van der Waals surface area contributed by atoms with E-state index < -0.39 is 24.3 Å². The molecule has 0 atom stereocenters. The molecule has 10 heteroatoms. The van der Waals surface area contributed by atoms with Crippen molar-refractivity contribution in [3.05, 3.63) is 29.8 Å². The van der Waals surface area contributed by atoms with Gasteiger partial charge in [-0.1, -0.05) is 29.2 Å². The van der Waals surface area contributed by atoms with Crippen LogP contribution in [0, 0.1) is 0 Å². The van der Waals surface area contributed by atoms with Crippen molar-refractivity contribution >= 4 is 34.1 Å². The molecule has 0 unspecified atom stereocenters. The van der Waals surface area contributed by atoms with Crippen LogP contribution in [0.4, 0.5) is 18.3 Å². The van der Waals surface area contributed by atoms with Crippen LogP contribution >= 0.6 is 23.1 Å². The molecule has 0 aliphatic rings. The molecule has 2 rings (SSSR count). The molecule has 0 radical (unpaired) electrons. The van der Waals surface area contributed by atoms with Crippen LogP contribution in [0.1, 0.15) is 5.56 Å². The quantitative estimate of drug-likeness (QED) is 0.663. The fourth-order valence-corrected chi connectivity index (χ4v) is 2.60. The molecular weight excluding hydrogens is 339 g/mol. The fraction of sp³-hybridized carbons (Fsp3) is 0.250. The van der Waals surface area contributed by atoms with E-state index >= 15 is 0 Å². The number of halogens is 3. The topological polar surface area (TPSA) is 64.1 Å². The fourth-order valence-electron chi connectivity index (χ4n) is 1.41. The molecule has 1 N–H and O–H groups in total. The van der Waals surface area contributed by atoms with Gasteiger partial charge in [0.1, 0.15) is 5.75 Å². The zero-order valence-corrected chi connectivity index (χ0v) is 12.8. The van der Waals surface area contributed by atoms with Gasteiger partial charge in [0, 0.05) is 0 Å². The van der Waals surface area contributed by atoms with E-state index in [9.17, 15) is 18.0 Å². The largest absolute Gasteiger partial charge is 0.484 e. The van der Waals surface area contributed by atoms with E-state index in [1.54, 1.807) is 0 Å². The van der Waals surface area contributed by atoms with E-state index in [1.807, 2.05) is 6.26 Å². The molecule has 1 heterocycles. The van der Waals surface area contributed by atoms with E-state index in [2.05, 4.69) is 15.5 Å². The van der Waals surface area contributed by atoms with Crippen molar-refractivity contribution in [3.8, 4) is 5.75 Å². The predicted molar refractivity (Wildman–Crippen MR) is 77.3 cm³/mol. The van der Waals surface area contributed by atoms with Crippen LogP contribution in [0.2, 0.25) is 0 Å². The summed E-state index contributed by atoms with van der Waals surface area (Å²) in [6.07, 6.45) is -2.63. The normalized spacial score (nSPS) is 11.3. The summed E-state index contributed by atoms with van der Waals surface area (Å²) in [5.74, 6) is -0.562. The summed E-state index contributed by atoms with van der Waals surface area (Å²) in [4.78, 5) is 11.6. The number of hydrogen-bond donors (Lipinski definition) is 1. The molecule has 1 aromatic heterocycles. The number of carbonyl (C=O) groups excluding carboxylic acids is 1. The predicted octanol–water partition coefficient (Wildman–Crippen LogP) is 3.30. The third-order valence-electron chi connectivity index (χ3n) is 2.36. The van der Waals surface area contributed by atoms with Gasteiger partial charge in [0.05, 0.1) is 5.56 Å². The Hall–Kier alpha value is -1.81.